The van der Waals surface area contributed by atoms with Crippen LogP contribution in [0.25, 0.3) is 11.0 Å². The quantitative estimate of drug-likeness (QED) is 0.541. The van der Waals surface area contributed by atoms with Gasteiger partial charge in [-0.15, -0.1) is 0 Å². The maximum absolute atomic E-state index is 12.2. The first kappa shape index (κ1) is 23.6. The Hall–Kier alpha value is -3.12. The molecule has 0 bridgehead atoms. The molecule has 0 amide bonds. The van der Waals surface area contributed by atoms with Crippen molar-refractivity contribution in [3.8, 4) is 17.6 Å². The summed E-state index contributed by atoms with van der Waals surface area (Å²) in [6, 6.07) is 9.34. The molecule has 0 saturated carbocycles. The molecule has 8 nitrogen and oxygen atoms in total. The molecule has 0 aliphatic carbocycles. The van der Waals surface area contributed by atoms with E-state index >= 15 is 0 Å². The molecule has 0 spiro atoms. The SMILES string of the molecule is Cn1c(=O)ccc2ncc(Cl)c(CCN3CC[C@@H](CNCc4cc(C#N)c5c(c4)OCCO5)C3)c21. The summed E-state index contributed by atoms with van der Waals surface area (Å²) in [6.07, 6.45) is 3.57. The van der Waals surface area contributed by atoms with E-state index in [1.54, 1.807) is 23.9 Å². The minimum Gasteiger partial charge on any atom is -0.486 e. The number of aryl methyl sites for hydroxylation is 1. The molecule has 3 aromatic rings. The molecule has 4 heterocycles. The number of hydrogen-bond acceptors (Lipinski definition) is 7. The zero-order valence-electron chi connectivity index (χ0n) is 19.7. The fraction of sp³-hybridized carbons (Fsp3) is 0.423. The van der Waals surface area contributed by atoms with E-state index in [0.29, 0.717) is 47.8 Å². The summed E-state index contributed by atoms with van der Waals surface area (Å²) in [5.41, 5.74) is 4.06. The Morgan fingerprint density at radius 3 is 3.00 bits per heavy atom. The van der Waals surface area contributed by atoms with Crippen molar-refractivity contribution in [2.45, 2.75) is 19.4 Å². The Morgan fingerprint density at radius 1 is 1.29 bits per heavy atom. The molecule has 5 rings (SSSR count). The molecule has 9 heteroatoms. The first-order valence-electron chi connectivity index (χ1n) is 11.9. The highest BCUT2D eigenvalue weighted by atomic mass is 35.5. The maximum Gasteiger partial charge on any atom is 0.250 e. The summed E-state index contributed by atoms with van der Waals surface area (Å²) in [6.45, 7) is 5.48. The molecule has 1 fully saturated rings. The van der Waals surface area contributed by atoms with E-state index in [0.717, 1.165) is 61.2 Å². The van der Waals surface area contributed by atoms with Crippen molar-refractivity contribution in [3.63, 3.8) is 0 Å². The number of pyridine rings is 2. The average molecular weight is 494 g/mol. The van der Waals surface area contributed by atoms with Gasteiger partial charge in [0.2, 0.25) is 0 Å². The number of halogens is 1. The predicted octanol–water partition coefficient (Wildman–Crippen LogP) is 2.88. The Morgan fingerprint density at radius 2 is 2.14 bits per heavy atom. The van der Waals surface area contributed by atoms with Gasteiger partial charge in [-0.1, -0.05) is 11.6 Å². The van der Waals surface area contributed by atoms with Gasteiger partial charge in [-0.2, -0.15) is 5.26 Å². The number of ether oxygens (including phenoxy) is 2. The number of nitrogens with one attached hydrogen (secondary N) is 1. The van der Waals surface area contributed by atoms with Crippen LogP contribution in [0.1, 0.15) is 23.1 Å². The normalized spacial score (nSPS) is 17.6. The second-order valence-corrected chi connectivity index (χ2v) is 9.57. The van der Waals surface area contributed by atoms with Gasteiger partial charge in [0.1, 0.15) is 19.3 Å². The van der Waals surface area contributed by atoms with E-state index in [-0.39, 0.29) is 5.56 Å². The summed E-state index contributed by atoms with van der Waals surface area (Å²) >= 11 is 6.49. The molecule has 1 saturated heterocycles. The van der Waals surface area contributed by atoms with Crippen molar-refractivity contribution in [2.24, 2.45) is 13.0 Å². The second kappa shape index (κ2) is 10.2. The Balaban J connectivity index is 1.16. The van der Waals surface area contributed by atoms with Gasteiger partial charge < -0.3 is 24.3 Å². The largest absolute Gasteiger partial charge is 0.486 e. The van der Waals surface area contributed by atoms with Crippen molar-refractivity contribution < 1.29 is 9.47 Å². The van der Waals surface area contributed by atoms with Gasteiger partial charge in [-0.05, 0) is 61.2 Å². The van der Waals surface area contributed by atoms with Gasteiger partial charge in [-0.25, -0.2) is 0 Å². The van der Waals surface area contributed by atoms with Crippen LogP contribution in [0.15, 0.2) is 35.3 Å². The van der Waals surface area contributed by atoms with Gasteiger partial charge >= 0.3 is 0 Å². The van der Waals surface area contributed by atoms with E-state index in [1.807, 2.05) is 12.1 Å². The fourth-order valence-corrected chi connectivity index (χ4v) is 5.24. The first-order valence-corrected chi connectivity index (χ1v) is 12.3. The molecule has 182 valence electrons. The van der Waals surface area contributed by atoms with Crippen LogP contribution in [0.3, 0.4) is 0 Å². The van der Waals surface area contributed by atoms with Crippen molar-refractivity contribution in [2.75, 3.05) is 39.4 Å². The topological polar surface area (TPSA) is 92.4 Å². The number of likely N-dealkylation sites (tertiary alicyclic amines) is 1. The summed E-state index contributed by atoms with van der Waals surface area (Å²) < 4.78 is 12.9. The minimum atomic E-state index is -0.0602. The van der Waals surface area contributed by atoms with E-state index in [9.17, 15) is 10.1 Å². The summed E-state index contributed by atoms with van der Waals surface area (Å²) in [4.78, 5) is 19.0. The van der Waals surface area contributed by atoms with E-state index in [2.05, 4.69) is 21.3 Å². The van der Waals surface area contributed by atoms with E-state index < -0.39 is 0 Å². The van der Waals surface area contributed by atoms with Crippen LogP contribution in [0.4, 0.5) is 0 Å². The minimum absolute atomic E-state index is 0.0602. The van der Waals surface area contributed by atoms with E-state index in [4.69, 9.17) is 21.1 Å². The van der Waals surface area contributed by atoms with Gasteiger partial charge in [0.05, 0.1) is 21.6 Å². The average Bonchev–Trinajstić information content (AvgIpc) is 3.33. The molecule has 0 radical (unpaired) electrons. The van der Waals surface area contributed by atoms with Crippen LogP contribution in [-0.4, -0.2) is 53.8 Å². The molecule has 1 atom stereocenters. The van der Waals surface area contributed by atoms with Crippen molar-refractivity contribution in [3.05, 3.63) is 62.5 Å². The Bertz CT molecular complexity index is 1350. The van der Waals surface area contributed by atoms with Gasteiger partial charge in [0.25, 0.3) is 5.56 Å². The summed E-state index contributed by atoms with van der Waals surface area (Å²) in [5, 5.41) is 13.6. The fourth-order valence-electron chi connectivity index (χ4n) is 5.01. The molecular weight excluding hydrogens is 466 g/mol. The van der Waals surface area contributed by atoms with Crippen LogP contribution >= 0.6 is 11.6 Å². The number of aromatic nitrogens is 2. The van der Waals surface area contributed by atoms with Crippen LogP contribution < -0.4 is 20.3 Å². The maximum atomic E-state index is 12.2. The molecule has 0 unspecified atom stereocenters. The lowest BCUT2D eigenvalue weighted by Gasteiger charge is -2.20. The molecule has 35 heavy (non-hydrogen) atoms. The molecule has 1 N–H and O–H groups in total. The highest BCUT2D eigenvalue weighted by Gasteiger charge is 2.23. The van der Waals surface area contributed by atoms with Gasteiger partial charge in [-0.3, -0.25) is 9.78 Å². The van der Waals surface area contributed by atoms with Crippen molar-refractivity contribution in [1.29, 1.82) is 5.26 Å². The lowest BCUT2D eigenvalue weighted by Crippen LogP contribution is -2.28. The number of fused-ring (bicyclic) bond motifs is 2. The standard InChI is InChI=1S/C26H28ClN5O3/c1-31-24(33)3-2-22-25(31)20(21(27)15-30-22)5-7-32-6-4-17(16-32)13-29-14-18-10-19(12-28)26-23(11-18)34-8-9-35-26/h2-3,10-11,15,17,29H,4-9,13-14,16H2,1H3/t17-/m0/s1. The molecule has 2 aliphatic heterocycles. The van der Waals surface area contributed by atoms with Crippen molar-refractivity contribution >= 4 is 22.6 Å². The third kappa shape index (κ3) is 4.98. The third-order valence-corrected chi connectivity index (χ3v) is 7.14. The predicted molar refractivity (Wildman–Crippen MR) is 134 cm³/mol. The zero-order chi connectivity index (χ0) is 24.4. The highest BCUT2D eigenvalue weighted by Crippen LogP contribution is 2.35. The number of rotatable bonds is 7. The zero-order valence-corrected chi connectivity index (χ0v) is 20.5. The molecule has 2 aromatic heterocycles. The number of benzene rings is 1. The lowest BCUT2D eigenvalue weighted by atomic mass is 10.1. The lowest BCUT2D eigenvalue weighted by molar-refractivity contribution is 0.171. The van der Waals surface area contributed by atoms with Crippen LogP contribution in [0.2, 0.25) is 5.02 Å². The highest BCUT2D eigenvalue weighted by molar-refractivity contribution is 6.32. The smallest absolute Gasteiger partial charge is 0.250 e. The Labute approximate surface area is 209 Å². The molecule has 2 aliphatic rings. The van der Waals surface area contributed by atoms with Crippen LogP contribution in [-0.2, 0) is 20.0 Å². The number of hydrogen-bond donors (Lipinski definition) is 1. The first-order chi connectivity index (χ1) is 17.0. The third-order valence-electron chi connectivity index (χ3n) is 6.82. The summed E-state index contributed by atoms with van der Waals surface area (Å²) in [5.74, 6) is 1.76. The van der Waals surface area contributed by atoms with Crippen molar-refractivity contribution in [1.82, 2.24) is 19.8 Å². The number of nitriles is 1. The van der Waals surface area contributed by atoms with E-state index in [1.165, 1.54) is 6.07 Å². The monoisotopic (exact) mass is 493 g/mol. The number of nitrogens with zero attached hydrogens (tertiary/aromatic N) is 4. The van der Waals surface area contributed by atoms with Gasteiger partial charge in [0, 0.05) is 38.9 Å². The van der Waals surface area contributed by atoms with Crippen LogP contribution in [0, 0.1) is 17.2 Å². The summed E-state index contributed by atoms with van der Waals surface area (Å²) in [7, 11) is 1.77. The Kier molecular flexibility index (Phi) is 6.91. The molecular formula is C26H28ClN5O3. The molecule has 1 aromatic carbocycles. The van der Waals surface area contributed by atoms with Gasteiger partial charge in [0.15, 0.2) is 11.5 Å². The second-order valence-electron chi connectivity index (χ2n) is 9.16. The van der Waals surface area contributed by atoms with Crippen LogP contribution in [0.5, 0.6) is 11.5 Å².